The summed E-state index contributed by atoms with van der Waals surface area (Å²) in [6.45, 7) is 9.31. The lowest BCUT2D eigenvalue weighted by Gasteiger charge is -2.34. The highest BCUT2D eigenvalue weighted by molar-refractivity contribution is 7.92. The first-order valence-electron chi connectivity index (χ1n) is 13.5. The number of rotatable bonds is 12. The fraction of sp³-hybridized carbons (Fsp3) is 0.355. The molecular weight excluding hydrogens is 581 g/mol. The van der Waals surface area contributed by atoms with Crippen molar-refractivity contribution in [2.45, 2.75) is 58.5 Å². The molecular formula is C31H37Cl2N3O4S. The standard InChI is InChI=1S/C31H37Cl2N3O4S/c1-6-29(31(38)34-18-21(2)3)35(19-26-27(32)13-10-14-28(26)33)30(37)20-36(24-16-22(4)15-23(5)17-24)41(39,40)25-11-8-7-9-12-25/h7-17,21,29H,6,18-20H2,1-5H3,(H,34,38). The van der Waals surface area contributed by atoms with Crippen LogP contribution in [0.4, 0.5) is 5.69 Å². The Hall–Kier alpha value is -3.07. The van der Waals surface area contributed by atoms with Crippen molar-refractivity contribution in [3.8, 4) is 0 Å². The number of carbonyl (C=O) groups excluding carboxylic acids is 2. The smallest absolute Gasteiger partial charge is 0.264 e. The molecule has 3 aromatic rings. The second kappa shape index (κ2) is 14.2. The van der Waals surface area contributed by atoms with Crippen LogP contribution in [0.5, 0.6) is 0 Å². The fourth-order valence-corrected chi connectivity index (χ4v) is 6.47. The van der Waals surface area contributed by atoms with Gasteiger partial charge in [0.15, 0.2) is 0 Å². The average Bonchev–Trinajstić information content (AvgIpc) is 2.91. The van der Waals surface area contributed by atoms with E-state index in [2.05, 4.69) is 5.32 Å². The molecule has 1 unspecified atom stereocenters. The molecule has 0 saturated heterocycles. The predicted molar refractivity (Wildman–Crippen MR) is 166 cm³/mol. The van der Waals surface area contributed by atoms with Gasteiger partial charge in [-0.05, 0) is 73.7 Å². The molecule has 3 rings (SSSR count). The summed E-state index contributed by atoms with van der Waals surface area (Å²) in [5.74, 6) is -0.692. The molecule has 220 valence electrons. The lowest BCUT2D eigenvalue weighted by molar-refractivity contribution is -0.140. The summed E-state index contributed by atoms with van der Waals surface area (Å²) in [7, 11) is -4.15. The number of carbonyl (C=O) groups is 2. The summed E-state index contributed by atoms with van der Waals surface area (Å²) in [4.78, 5) is 29.0. The van der Waals surface area contributed by atoms with Crippen LogP contribution in [0.2, 0.25) is 10.0 Å². The van der Waals surface area contributed by atoms with E-state index in [0.717, 1.165) is 15.4 Å². The monoisotopic (exact) mass is 617 g/mol. The number of hydrogen-bond acceptors (Lipinski definition) is 4. The van der Waals surface area contributed by atoms with E-state index in [0.29, 0.717) is 34.3 Å². The van der Waals surface area contributed by atoms with E-state index in [1.54, 1.807) is 55.5 Å². The summed E-state index contributed by atoms with van der Waals surface area (Å²) >= 11 is 12.9. The molecule has 1 N–H and O–H groups in total. The molecule has 0 heterocycles. The molecule has 0 aliphatic carbocycles. The number of aryl methyl sites for hydroxylation is 2. The topological polar surface area (TPSA) is 86.8 Å². The third kappa shape index (κ3) is 8.24. The number of sulfonamides is 1. The predicted octanol–water partition coefficient (Wildman–Crippen LogP) is 6.39. The molecule has 0 bridgehead atoms. The molecule has 0 aliphatic rings. The zero-order chi connectivity index (χ0) is 30.3. The van der Waals surface area contributed by atoms with E-state index in [4.69, 9.17) is 23.2 Å². The number of nitrogens with zero attached hydrogens (tertiary/aromatic N) is 2. The van der Waals surface area contributed by atoms with Crippen molar-refractivity contribution in [2.75, 3.05) is 17.4 Å². The van der Waals surface area contributed by atoms with Gasteiger partial charge in [-0.15, -0.1) is 0 Å². The fourth-order valence-electron chi connectivity index (χ4n) is 4.54. The minimum atomic E-state index is -4.15. The summed E-state index contributed by atoms with van der Waals surface area (Å²) < 4.78 is 29.0. The first-order valence-corrected chi connectivity index (χ1v) is 15.7. The highest BCUT2D eigenvalue weighted by atomic mass is 35.5. The first-order chi connectivity index (χ1) is 19.3. The molecule has 0 aromatic heterocycles. The van der Waals surface area contributed by atoms with Gasteiger partial charge in [-0.25, -0.2) is 8.42 Å². The van der Waals surface area contributed by atoms with Gasteiger partial charge in [0.2, 0.25) is 11.8 Å². The zero-order valence-electron chi connectivity index (χ0n) is 24.0. The Morgan fingerprint density at radius 2 is 1.49 bits per heavy atom. The van der Waals surface area contributed by atoms with Crippen LogP contribution in [0.3, 0.4) is 0 Å². The van der Waals surface area contributed by atoms with Crippen LogP contribution in [0.15, 0.2) is 71.6 Å². The molecule has 0 aliphatic heterocycles. The van der Waals surface area contributed by atoms with Crippen LogP contribution < -0.4 is 9.62 Å². The maximum Gasteiger partial charge on any atom is 0.264 e. The highest BCUT2D eigenvalue weighted by Crippen LogP contribution is 2.29. The van der Waals surface area contributed by atoms with Gasteiger partial charge in [0.25, 0.3) is 10.0 Å². The molecule has 0 radical (unpaired) electrons. The average molecular weight is 619 g/mol. The van der Waals surface area contributed by atoms with Gasteiger partial charge >= 0.3 is 0 Å². The van der Waals surface area contributed by atoms with Crippen LogP contribution in [-0.2, 0) is 26.2 Å². The zero-order valence-corrected chi connectivity index (χ0v) is 26.4. The number of hydrogen-bond donors (Lipinski definition) is 1. The summed E-state index contributed by atoms with van der Waals surface area (Å²) in [5, 5.41) is 3.60. The van der Waals surface area contributed by atoms with Crippen LogP contribution in [0.25, 0.3) is 0 Å². The Morgan fingerprint density at radius 3 is 2.02 bits per heavy atom. The molecule has 3 aromatic carbocycles. The quantitative estimate of drug-likeness (QED) is 0.255. The largest absolute Gasteiger partial charge is 0.354 e. The van der Waals surface area contributed by atoms with Crippen molar-refractivity contribution in [3.05, 3.63) is 93.5 Å². The van der Waals surface area contributed by atoms with Crippen molar-refractivity contribution in [2.24, 2.45) is 5.92 Å². The number of benzene rings is 3. The number of amides is 2. The SMILES string of the molecule is CCC(C(=O)NCC(C)C)N(Cc1c(Cl)cccc1Cl)C(=O)CN(c1cc(C)cc(C)c1)S(=O)(=O)c1ccccc1. The molecule has 0 spiro atoms. The van der Waals surface area contributed by atoms with Crippen molar-refractivity contribution in [3.63, 3.8) is 0 Å². The third-order valence-electron chi connectivity index (χ3n) is 6.57. The molecule has 1 atom stereocenters. The second-order valence-electron chi connectivity index (χ2n) is 10.5. The van der Waals surface area contributed by atoms with Crippen LogP contribution in [0.1, 0.15) is 43.9 Å². The van der Waals surface area contributed by atoms with Crippen LogP contribution >= 0.6 is 23.2 Å². The minimum Gasteiger partial charge on any atom is -0.354 e. The van der Waals surface area contributed by atoms with Gasteiger partial charge in [-0.3, -0.25) is 13.9 Å². The third-order valence-corrected chi connectivity index (χ3v) is 9.06. The number of anilines is 1. The van der Waals surface area contributed by atoms with Crippen molar-refractivity contribution < 1.29 is 18.0 Å². The minimum absolute atomic E-state index is 0.0503. The Kier molecular flexibility index (Phi) is 11.2. The lowest BCUT2D eigenvalue weighted by Crippen LogP contribution is -2.52. The van der Waals surface area contributed by atoms with Crippen molar-refractivity contribution in [1.29, 1.82) is 0 Å². The number of nitrogens with one attached hydrogen (secondary N) is 1. The molecule has 7 nitrogen and oxygen atoms in total. The van der Waals surface area contributed by atoms with Crippen LogP contribution in [0, 0.1) is 19.8 Å². The summed E-state index contributed by atoms with van der Waals surface area (Å²) in [6, 6.07) is 17.5. The summed E-state index contributed by atoms with van der Waals surface area (Å²) in [5.41, 5.74) is 2.52. The molecule has 0 fully saturated rings. The molecule has 0 saturated carbocycles. The van der Waals surface area contributed by atoms with Crippen LogP contribution in [-0.4, -0.2) is 44.3 Å². The lowest BCUT2D eigenvalue weighted by atomic mass is 10.1. The van der Waals surface area contributed by atoms with E-state index in [1.807, 2.05) is 33.8 Å². The summed E-state index contributed by atoms with van der Waals surface area (Å²) in [6.07, 6.45) is 0.298. The van der Waals surface area contributed by atoms with Gasteiger partial charge in [0, 0.05) is 28.7 Å². The van der Waals surface area contributed by atoms with Gasteiger partial charge < -0.3 is 10.2 Å². The van der Waals surface area contributed by atoms with E-state index in [-0.39, 0.29) is 23.3 Å². The maximum atomic E-state index is 14.2. The first kappa shape index (κ1) is 32.4. The molecule has 2 amide bonds. The van der Waals surface area contributed by atoms with Gasteiger partial charge in [-0.2, -0.15) is 0 Å². The van der Waals surface area contributed by atoms with Gasteiger partial charge in [0.05, 0.1) is 10.6 Å². The Morgan fingerprint density at radius 1 is 0.902 bits per heavy atom. The highest BCUT2D eigenvalue weighted by Gasteiger charge is 2.34. The second-order valence-corrected chi connectivity index (χ2v) is 13.1. The molecule has 10 heteroatoms. The Bertz CT molecular complexity index is 1440. The van der Waals surface area contributed by atoms with E-state index in [9.17, 15) is 18.0 Å². The Balaban J connectivity index is 2.11. The maximum absolute atomic E-state index is 14.2. The normalized spacial score (nSPS) is 12.2. The van der Waals surface area contributed by atoms with Gasteiger partial charge in [-0.1, -0.05) is 74.3 Å². The van der Waals surface area contributed by atoms with E-state index in [1.165, 1.54) is 17.0 Å². The van der Waals surface area contributed by atoms with Crippen molar-refractivity contribution in [1.82, 2.24) is 10.2 Å². The van der Waals surface area contributed by atoms with E-state index < -0.39 is 28.5 Å². The van der Waals surface area contributed by atoms with Gasteiger partial charge in [0.1, 0.15) is 12.6 Å². The Labute approximate surface area is 253 Å². The molecule has 41 heavy (non-hydrogen) atoms. The van der Waals surface area contributed by atoms with E-state index >= 15 is 0 Å². The number of halogens is 2. The van der Waals surface area contributed by atoms with Crippen molar-refractivity contribution >= 4 is 50.7 Å².